The molecule has 0 aliphatic heterocycles. The van der Waals surface area contributed by atoms with Gasteiger partial charge in [-0.15, -0.1) is 0 Å². The van der Waals surface area contributed by atoms with E-state index in [1.165, 1.54) is 19.3 Å². The molecular formula is C16H28N4O. The number of aryl methyl sites for hydroxylation is 1. The number of carbonyl (C=O) groups excluding carboxylic acids is 1. The lowest BCUT2D eigenvalue weighted by Gasteiger charge is -2.35. The van der Waals surface area contributed by atoms with Crippen molar-refractivity contribution in [3.8, 4) is 0 Å². The monoisotopic (exact) mass is 292 g/mol. The molecular weight excluding hydrogens is 264 g/mol. The van der Waals surface area contributed by atoms with Gasteiger partial charge in [0.2, 0.25) is 5.91 Å². The van der Waals surface area contributed by atoms with Gasteiger partial charge in [0.1, 0.15) is 0 Å². The highest BCUT2D eigenvalue weighted by Gasteiger charge is 2.33. The van der Waals surface area contributed by atoms with Gasteiger partial charge in [0.15, 0.2) is 0 Å². The highest BCUT2D eigenvalue weighted by molar-refractivity contribution is 5.91. The molecule has 0 saturated heterocycles. The number of anilines is 1. The van der Waals surface area contributed by atoms with E-state index < -0.39 is 0 Å². The molecule has 0 atom stereocenters. The van der Waals surface area contributed by atoms with Crippen molar-refractivity contribution in [3.05, 3.63) is 11.9 Å². The number of hydrogen-bond acceptors (Lipinski definition) is 3. The molecule has 1 fully saturated rings. The first kappa shape index (κ1) is 16.0. The first-order valence-corrected chi connectivity index (χ1v) is 7.99. The van der Waals surface area contributed by atoms with E-state index in [9.17, 15) is 4.79 Å². The fourth-order valence-electron chi connectivity index (χ4n) is 3.32. The average molecular weight is 292 g/mol. The van der Waals surface area contributed by atoms with Gasteiger partial charge < -0.3 is 11.1 Å². The van der Waals surface area contributed by atoms with E-state index in [1.54, 1.807) is 4.68 Å². The minimum Gasteiger partial charge on any atom is -0.330 e. The van der Waals surface area contributed by atoms with Crippen LogP contribution in [0.4, 0.5) is 5.69 Å². The number of aromatic nitrogens is 2. The molecule has 3 N–H and O–H groups in total. The summed E-state index contributed by atoms with van der Waals surface area (Å²) in [5, 5.41) is 7.47. The van der Waals surface area contributed by atoms with Crippen LogP contribution in [-0.4, -0.2) is 22.2 Å². The Bertz CT molecular complexity index is 486. The Hall–Kier alpha value is -1.36. The molecule has 1 aliphatic rings. The normalized spacial score (nSPS) is 18.0. The lowest BCUT2D eigenvalue weighted by Crippen LogP contribution is -2.36. The number of rotatable bonds is 5. The largest absolute Gasteiger partial charge is 0.330 e. The van der Waals surface area contributed by atoms with Gasteiger partial charge in [-0.25, -0.2) is 0 Å². The second-order valence-electron chi connectivity index (χ2n) is 6.75. The summed E-state index contributed by atoms with van der Waals surface area (Å²) in [6, 6.07) is 0. The maximum absolute atomic E-state index is 12.4. The van der Waals surface area contributed by atoms with Crippen LogP contribution in [0.5, 0.6) is 0 Å². The van der Waals surface area contributed by atoms with Gasteiger partial charge in [0.25, 0.3) is 0 Å². The Labute approximate surface area is 127 Å². The Kier molecular flexibility index (Phi) is 5.04. The third-order valence-corrected chi connectivity index (χ3v) is 4.56. The molecule has 0 bridgehead atoms. The molecule has 0 unspecified atom stereocenters. The number of nitrogens with one attached hydrogen (secondary N) is 1. The minimum absolute atomic E-state index is 0.00252. The van der Waals surface area contributed by atoms with Crippen LogP contribution >= 0.6 is 0 Å². The lowest BCUT2D eigenvalue weighted by atomic mass is 9.71. The summed E-state index contributed by atoms with van der Waals surface area (Å²) in [5.74, 6) is 0.358. The van der Waals surface area contributed by atoms with E-state index in [0.717, 1.165) is 24.2 Å². The summed E-state index contributed by atoms with van der Waals surface area (Å²) in [5.41, 5.74) is 7.74. The van der Waals surface area contributed by atoms with Crippen LogP contribution in [-0.2, 0) is 11.8 Å². The second-order valence-corrected chi connectivity index (χ2v) is 6.75. The van der Waals surface area contributed by atoms with Crippen molar-refractivity contribution in [1.82, 2.24) is 9.78 Å². The molecule has 1 aromatic heterocycles. The molecule has 5 heteroatoms. The highest BCUT2D eigenvalue weighted by Crippen LogP contribution is 2.38. The summed E-state index contributed by atoms with van der Waals surface area (Å²) in [6.45, 7) is 4.77. The second kappa shape index (κ2) is 6.60. The van der Waals surface area contributed by atoms with Crippen molar-refractivity contribution in [2.75, 3.05) is 11.9 Å². The van der Waals surface area contributed by atoms with Gasteiger partial charge >= 0.3 is 0 Å². The minimum atomic E-state index is 0.00252. The predicted molar refractivity (Wildman–Crippen MR) is 85.1 cm³/mol. The van der Waals surface area contributed by atoms with Crippen molar-refractivity contribution >= 4 is 11.6 Å². The van der Waals surface area contributed by atoms with Crippen molar-refractivity contribution < 1.29 is 4.79 Å². The van der Waals surface area contributed by atoms with E-state index in [2.05, 4.69) is 24.3 Å². The Balaban J connectivity index is 2.04. The van der Waals surface area contributed by atoms with E-state index in [0.29, 0.717) is 18.9 Å². The number of nitrogens with two attached hydrogens (primary N) is 1. The first-order chi connectivity index (χ1) is 9.96. The fraction of sp³-hybridized carbons (Fsp3) is 0.750. The summed E-state index contributed by atoms with van der Waals surface area (Å²) in [7, 11) is 1.88. The van der Waals surface area contributed by atoms with Crippen LogP contribution in [0.1, 0.15) is 64.0 Å². The van der Waals surface area contributed by atoms with Crippen LogP contribution in [0.15, 0.2) is 6.20 Å². The smallest absolute Gasteiger partial charge is 0.225 e. The van der Waals surface area contributed by atoms with Gasteiger partial charge in [-0.1, -0.05) is 33.1 Å². The Morgan fingerprint density at radius 3 is 2.67 bits per heavy atom. The predicted octanol–water partition coefficient (Wildman–Crippen LogP) is 2.78. The third kappa shape index (κ3) is 3.84. The van der Waals surface area contributed by atoms with Crippen LogP contribution in [0.3, 0.4) is 0 Å². The average Bonchev–Trinajstić information content (AvgIpc) is 2.80. The maximum Gasteiger partial charge on any atom is 0.225 e. The number of hydrogen-bond donors (Lipinski definition) is 2. The van der Waals surface area contributed by atoms with Crippen molar-refractivity contribution in [3.63, 3.8) is 0 Å². The molecule has 1 amide bonds. The molecule has 21 heavy (non-hydrogen) atoms. The van der Waals surface area contributed by atoms with Gasteiger partial charge in [0.05, 0.1) is 11.4 Å². The summed E-state index contributed by atoms with van der Waals surface area (Å²) >= 11 is 0. The zero-order valence-electron chi connectivity index (χ0n) is 13.5. The standard InChI is InChI=1S/C16H28N4O/c1-12(2)15-13(10-20(3)19-15)18-14(21)9-16(11-17)7-5-4-6-8-16/h10,12H,4-9,11,17H2,1-3H3,(H,18,21). The Morgan fingerprint density at radius 2 is 2.10 bits per heavy atom. The van der Waals surface area contributed by atoms with E-state index in [4.69, 9.17) is 5.73 Å². The van der Waals surface area contributed by atoms with E-state index >= 15 is 0 Å². The van der Waals surface area contributed by atoms with Gasteiger partial charge in [0, 0.05) is 19.7 Å². The first-order valence-electron chi connectivity index (χ1n) is 7.99. The molecule has 0 spiro atoms. The van der Waals surface area contributed by atoms with Gasteiger partial charge in [-0.3, -0.25) is 9.48 Å². The van der Waals surface area contributed by atoms with Crippen molar-refractivity contribution in [2.24, 2.45) is 18.2 Å². The van der Waals surface area contributed by atoms with Crippen LogP contribution < -0.4 is 11.1 Å². The van der Waals surface area contributed by atoms with E-state index in [-0.39, 0.29) is 11.3 Å². The zero-order chi connectivity index (χ0) is 15.5. The molecule has 1 aliphatic carbocycles. The molecule has 5 nitrogen and oxygen atoms in total. The fourth-order valence-corrected chi connectivity index (χ4v) is 3.32. The van der Waals surface area contributed by atoms with Crippen molar-refractivity contribution in [1.29, 1.82) is 0 Å². The molecule has 1 heterocycles. The number of nitrogens with zero attached hydrogens (tertiary/aromatic N) is 2. The quantitative estimate of drug-likeness (QED) is 0.876. The summed E-state index contributed by atoms with van der Waals surface area (Å²) in [6.07, 6.45) is 8.19. The van der Waals surface area contributed by atoms with Gasteiger partial charge in [-0.05, 0) is 30.7 Å². The Morgan fingerprint density at radius 1 is 1.43 bits per heavy atom. The SMILES string of the molecule is CC(C)c1nn(C)cc1NC(=O)CC1(CN)CCCCC1. The van der Waals surface area contributed by atoms with Crippen LogP contribution in [0, 0.1) is 5.41 Å². The molecule has 0 radical (unpaired) electrons. The van der Waals surface area contributed by atoms with Crippen LogP contribution in [0.2, 0.25) is 0 Å². The van der Waals surface area contributed by atoms with E-state index in [1.807, 2.05) is 13.2 Å². The summed E-state index contributed by atoms with van der Waals surface area (Å²) in [4.78, 5) is 12.4. The summed E-state index contributed by atoms with van der Waals surface area (Å²) < 4.78 is 1.75. The molecule has 118 valence electrons. The third-order valence-electron chi connectivity index (χ3n) is 4.56. The van der Waals surface area contributed by atoms with Gasteiger partial charge in [-0.2, -0.15) is 5.10 Å². The maximum atomic E-state index is 12.4. The van der Waals surface area contributed by atoms with Crippen LogP contribution in [0.25, 0.3) is 0 Å². The van der Waals surface area contributed by atoms with Crippen molar-refractivity contribution in [2.45, 2.75) is 58.3 Å². The lowest BCUT2D eigenvalue weighted by molar-refractivity contribution is -0.118. The highest BCUT2D eigenvalue weighted by atomic mass is 16.1. The molecule has 1 saturated carbocycles. The molecule has 1 aromatic rings. The zero-order valence-corrected chi connectivity index (χ0v) is 13.5. The molecule has 0 aromatic carbocycles. The number of amides is 1. The number of carbonyl (C=O) groups is 1. The molecule has 2 rings (SSSR count). The topological polar surface area (TPSA) is 72.9 Å².